The van der Waals surface area contributed by atoms with E-state index in [1.54, 1.807) is 12.0 Å². The standard InChI is InChI=1S/C27H38ClN3O3/c1-21(2)27(33)30(16-17-34-3)20-26(32)31(23-11-5-4-6-12-23)19-24-13-9-15-29(24)18-22-10-7-8-14-25(22)28/h7-10,13-15,21,23H,4-6,11-12,16-20H2,1-3H3. The van der Waals surface area contributed by atoms with Crippen LogP contribution in [0.5, 0.6) is 0 Å². The van der Waals surface area contributed by atoms with Gasteiger partial charge in [-0.1, -0.05) is 62.9 Å². The second kappa shape index (κ2) is 13.0. The van der Waals surface area contributed by atoms with Gasteiger partial charge < -0.3 is 19.1 Å². The van der Waals surface area contributed by atoms with Gasteiger partial charge in [0.1, 0.15) is 0 Å². The quantitative estimate of drug-likeness (QED) is 0.449. The molecule has 1 fully saturated rings. The van der Waals surface area contributed by atoms with Gasteiger partial charge in [-0.05, 0) is 36.6 Å². The number of amides is 2. The predicted octanol–water partition coefficient (Wildman–Crippen LogP) is 4.98. The Morgan fingerprint density at radius 2 is 1.85 bits per heavy atom. The van der Waals surface area contributed by atoms with E-state index in [4.69, 9.17) is 16.3 Å². The third-order valence-corrected chi connectivity index (χ3v) is 6.96. The van der Waals surface area contributed by atoms with Crippen molar-refractivity contribution in [3.05, 3.63) is 58.9 Å². The number of hydrogen-bond acceptors (Lipinski definition) is 3. The second-order valence-electron chi connectivity index (χ2n) is 9.44. The lowest BCUT2D eigenvalue weighted by Gasteiger charge is -2.36. The molecule has 1 aliphatic carbocycles. The molecule has 0 bridgehead atoms. The van der Waals surface area contributed by atoms with E-state index in [1.807, 2.05) is 55.3 Å². The number of halogens is 1. The first-order valence-corrected chi connectivity index (χ1v) is 12.7. The molecule has 6 nitrogen and oxygen atoms in total. The maximum absolute atomic E-state index is 13.7. The van der Waals surface area contributed by atoms with Crippen molar-refractivity contribution >= 4 is 23.4 Å². The van der Waals surface area contributed by atoms with E-state index in [1.165, 1.54) is 6.42 Å². The van der Waals surface area contributed by atoms with Crippen LogP contribution >= 0.6 is 11.6 Å². The summed E-state index contributed by atoms with van der Waals surface area (Å²) in [5.74, 6) is -0.181. The highest BCUT2D eigenvalue weighted by Gasteiger charge is 2.29. The molecule has 34 heavy (non-hydrogen) atoms. The largest absolute Gasteiger partial charge is 0.383 e. The first kappa shape index (κ1) is 26.3. The molecule has 0 radical (unpaired) electrons. The highest BCUT2D eigenvalue weighted by atomic mass is 35.5. The molecule has 1 aromatic heterocycles. The van der Waals surface area contributed by atoms with Crippen LogP contribution in [-0.4, -0.2) is 59.0 Å². The lowest BCUT2D eigenvalue weighted by atomic mass is 9.94. The average Bonchev–Trinajstić information content (AvgIpc) is 3.28. The Morgan fingerprint density at radius 1 is 1.12 bits per heavy atom. The number of methoxy groups -OCH3 is 1. The van der Waals surface area contributed by atoms with Crippen molar-refractivity contribution in [2.75, 3.05) is 26.8 Å². The van der Waals surface area contributed by atoms with Crippen LogP contribution in [0, 0.1) is 5.92 Å². The molecular weight excluding hydrogens is 450 g/mol. The number of nitrogens with zero attached hydrogens (tertiary/aromatic N) is 3. The van der Waals surface area contributed by atoms with Crippen molar-refractivity contribution < 1.29 is 14.3 Å². The molecular formula is C27H38ClN3O3. The zero-order valence-electron chi connectivity index (χ0n) is 20.7. The topological polar surface area (TPSA) is 54.8 Å². The Bertz CT molecular complexity index is 937. The molecule has 2 aromatic rings. The minimum absolute atomic E-state index is 0.00231. The van der Waals surface area contributed by atoms with Gasteiger partial charge >= 0.3 is 0 Å². The van der Waals surface area contributed by atoms with Crippen LogP contribution in [0.3, 0.4) is 0 Å². The Morgan fingerprint density at radius 3 is 2.53 bits per heavy atom. The summed E-state index contributed by atoms with van der Waals surface area (Å²) in [5.41, 5.74) is 2.11. The molecule has 0 saturated heterocycles. The summed E-state index contributed by atoms with van der Waals surface area (Å²) in [5, 5.41) is 0.739. The first-order chi connectivity index (χ1) is 16.4. The fourth-order valence-corrected chi connectivity index (χ4v) is 4.83. The van der Waals surface area contributed by atoms with Crippen molar-refractivity contribution in [2.24, 2.45) is 5.92 Å². The fraction of sp³-hybridized carbons (Fsp3) is 0.556. The smallest absolute Gasteiger partial charge is 0.242 e. The molecule has 186 valence electrons. The van der Waals surface area contributed by atoms with E-state index >= 15 is 0 Å². The van der Waals surface area contributed by atoms with Gasteiger partial charge in [0.25, 0.3) is 0 Å². The summed E-state index contributed by atoms with van der Waals surface area (Å²) in [6, 6.07) is 12.1. The molecule has 3 rings (SSSR count). The summed E-state index contributed by atoms with van der Waals surface area (Å²) >= 11 is 6.40. The van der Waals surface area contributed by atoms with Crippen molar-refractivity contribution in [2.45, 2.75) is 65.1 Å². The van der Waals surface area contributed by atoms with E-state index in [-0.39, 0.29) is 30.3 Å². The number of hydrogen-bond donors (Lipinski definition) is 0. The lowest BCUT2D eigenvalue weighted by Crippen LogP contribution is -2.49. The molecule has 0 aliphatic heterocycles. The molecule has 2 amide bonds. The number of carbonyl (C=O) groups is 2. The predicted molar refractivity (Wildman–Crippen MR) is 136 cm³/mol. The van der Waals surface area contributed by atoms with Crippen LogP contribution in [0.2, 0.25) is 5.02 Å². The number of rotatable bonds is 11. The van der Waals surface area contributed by atoms with Gasteiger partial charge in [0.05, 0.1) is 19.7 Å². The van der Waals surface area contributed by atoms with Crippen molar-refractivity contribution in [3.8, 4) is 0 Å². The first-order valence-electron chi connectivity index (χ1n) is 12.3. The van der Waals surface area contributed by atoms with E-state index in [0.717, 1.165) is 42.0 Å². The van der Waals surface area contributed by atoms with Crippen LogP contribution in [-0.2, 0) is 27.4 Å². The zero-order chi connectivity index (χ0) is 24.5. The Balaban J connectivity index is 1.80. The lowest BCUT2D eigenvalue weighted by molar-refractivity contribution is -0.144. The van der Waals surface area contributed by atoms with Gasteiger partial charge in [-0.2, -0.15) is 0 Å². The Kier molecular flexibility index (Phi) is 10.0. The van der Waals surface area contributed by atoms with Gasteiger partial charge in [0, 0.05) is 49.1 Å². The minimum atomic E-state index is -0.166. The summed E-state index contributed by atoms with van der Waals surface area (Å²) < 4.78 is 7.35. The molecule has 7 heteroatoms. The molecule has 0 spiro atoms. The van der Waals surface area contributed by atoms with Crippen molar-refractivity contribution in [3.63, 3.8) is 0 Å². The molecule has 0 N–H and O–H groups in total. The SMILES string of the molecule is COCCN(CC(=O)N(Cc1cccn1Cc1ccccc1Cl)C1CCCCC1)C(=O)C(C)C. The van der Waals surface area contributed by atoms with Crippen molar-refractivity contribution in [1.82, 2.24) is 14.4 Å². The van der Waals surface area contributed by atoms with Crippen LogP contribution in [0.1, 0.15) is 57.2 Å². The number of aromatic nitrogens is 1. The Labute approximate surface area is 208 Å². The third-order valence-electron chi connectivity index (χ3n) is 6.59. The molecule has 1 aromatic carbocycles. The molecule has 1 heterocycles. The van der Waals surface area contributed by atoms with Crippen LogP contribution < -0.4 is 0 Å². The number of ether oxygens (including phenoxy) is 1. The highest BCUT2D eigenvalue weighted by molar-refractivity contribution is 6.31. The van der Waals surface area contributed by atoms with E-state index < -0.39 is 0 Å². The van der Waals surface area contributed by atoms with Crippen LogP contribution in [0.15, 0.2) is 42.6 Å². The number of benzene rings is 1. The monoisotopic (exact) mass is 487 g/mol. The van der Waals surface area contributed by atoms with Crippen LogP contribution in [0.25, 0.3) is 0 Å². The van der Waals surface area contributed by atoms with Gasteiger partial charge in [-0.25, -0.2) is 0 Å². The summed E-state index contributed by atoms with van der Waals surface area (Å²) in [6.45, 7) is 5.83. The maximum atomic E-state index is 13.7. The summed E-state index contributed by atoms with van der Waals surface area (Å²) in [7, 11) is 1.61. The van der Waals surface area contributed by atoms with Gasteiger partial charge in [0.2, 0.25) is 11.8 Å². The Hall–Kier alpha value is -2.31. The molecule has 1 saturated carbocycles. The summed E-state index contributed by atoms with van der Waals surface area (Å²) in [4.78, 5) is 30.1. The van der Waals surface area contributed by atoms with Crippen LogP contribution in [0.4, 0.5) is 0 Å². The van der Waals surface area contributed by atoms with E-state index in [9.17, 15) is 9.59 Å². The zero-order valence-corrected chi connectivity index (χ0v) is 21.5. The fourth-order valence-electron chi connectivity index (χ4n) is 4.63. The van der Waals surface area contributed by atoms with E-state index in [2.05, 4.69) is 10.6 Å². The van der Waals surface area contributed by atoms with Gasteiger partial charge in [-0.3, -0.25) is 9.59 Å². The van der Waals surface area contributed by atoms with Gasteiger partial charge in [0.15, 0.2) is 0 Å². The number of carbonyl (C=O) groups excluding carboxylic acids is 2. The van der Waals surface area contributed by atoms with Crippen molar-refractivity contribution in [1.29, 1.82) is 0 Å². The van der Waals surface area contributed by atoms with Gasteiger partial charge in [-0.15, -0.1) is 0 Å². The highest BCUT2D eigenvalue weighted by Crippen LogP contribution is 2.25. The van der Waals surface area contributed by atoms with E-state index in [0.29, 0.717) is 26.2 Å². The average molecular weight is 488 g/mol. The summed E-state index contributed by atoms with van der Waals surface area (Å²) in [6.07, 6.45) is 7.53. The second-order valence-corrected chi connectivity index (χ2v) is 9.85. The minimum Gasteiger partial charge on any atom is -0.383 e. The molecule has 1 aliphatic rings. The maximum Gasteiger partial charge on any atom is 0.242 e. The molecule has 0 unspecified atom stereocenters. The normalized spacial score (nSPS) is 14.4. The molecule has 0 atom stereocenters. The third kappa shape index (κ3) is 7.09.